The summed E-state index contributed by atoms with van der Waals surface area (Å²) < 4.78 is 10.4. The highest BCUT2D eigenvalue weighted by Crippen LogP contribution is 2.28. The Morgan fingerprint density at radius 2 is 1.71 bits per heavy atom. The molecule has 242 valence electrons. The highest BCUT2D eigenvalue weighted by Gasteiger charge is 2.33. The Balaban J connectivity index is 1.81. The van der Waals surface area contributed by atoms with Crippen molar-refractivity contribution in [3.8, 4) is 0 Å². The highest BCUT2D eigenvalue weighted by molar-refractivity contribution is 6.38. The molecule has 2 aromatic rings. The van der Waals surface area contributed by atoms with Crippen LogP contribution in [0.3, 0.4) is 0 Å². The standard InChI is InChI=1S/C31H37ClN4O9/c1-2-45-27(37)17-33-31(41)28(38)25(19-44-18-21-11-7-4-8-12-21)35-30(40)24(15-20-9-5-3-6-10-20)34-29(39)23-16-22(32)13-14-26(23)36(42)43/h4,7-8,11-14,16,20,24-25H,2-3,5-6,9-10,15,17-19H2,1H3,(H,33,41)(H,34,39)(H,35,40)/t24-,25-/m0/s1. The molecule has 0 radical (unpaired) electrons. The van der Waals surface area contributed by atoms with Crippen LogP contribution in [-0.2, 0) is 35.3 Å². The molecule has 3 rings (SSSR count). The zero-order valence-electron chi connectivity index (χ0n) is 24.9. The normalized spacial score (nSPS) is 14.4. The number of hydrogen-bond donors (Lipinski definition) is 3. The molecular formula is C31H37ClN4O9. The van der Waals surface area contributed by atoms with Crippen LogP contribution in [0.5, 0.6) is 0 Å². The first kappa shape index (κ1) is 35.1. The summed E-state index contributed by atoms with van der Waals surface area (Å²) in [6.07, 6.45) is 4.77. The fourth-order valence-electron chi connectivity index (χ4n) is 5.01. The molecule has 0 heterocycles. The number of nitrogens with one attached hydrogen (secondary N) is 3. The number of ether oxygens (including phenoxy) is 2. The van der Waals surface area contributed by atoms with Crippen molar-refractivity contribution in [2.75, 3.05) is 19.8 Å². The van der Waals surface area contributed by atoms with Crippen LogP contribution >= 0.6 is 11.6 Å². The third-order valence-corrected chi connectivity index (χ3v) is 7.50. The van der Waals surface area contributed by atoms with Crippen molar-refractivity contribution < 1.29 is 38.4 Å². The summed E-state index contributed by atoms with van der Waals surface area (Å²) in [5, 5.41) is 19.0. The molecule has 45 heavy (non-hydrogen) atoms. The maximum Gasteiger partial charge on any atom is 0.325 e. The summed E-state index contributed by atoms with van der Waals surface area (Å²) in [6.45, 7) is 0.805. The molecule has 0 saturated heterocycles. The van der Waals surface area contributed by atoms with E-state index in [0.717, 1.165) is 49.8 Å². The van der Waals surface area contributed by atoms with Crippen molar-refractivity contribution in [3.05, 3.63) is 74.8 Å². The number of rotatable bonds is 16. The van der Waals surface area contributed by atoms with Gasteiger partial charge in [0.15, 0.2) is 0 Å². The molecule has 0 aromatic heterocycles. The number of benzene rings is 2. The van der Waals surface area contributed by atoms with E-state index >= 15 is 0 Å². The van der Waals surface area contributed by atoms with Crippen LogP contribution in [0.15, 0.2) is 48.5 Å². The fourth-order valence-corrected chi connectivity index (χ4v) is 5.18. The molecule has 3 amide bonds. The average Bonchev–Trinajstić information content (AvgIpc) is 3.03. The van der Waals surface area contributed by atoms with Gasteiger partial charge in [0.2, 0.25) is 11.7 Å². The molecule has 0 aliphatic heterocycles. The van der Waals surface area contributed by atoms with Gasteiger partial charge in [0.25, 0.3) is 17.5 Å². The second kappa shape index (κ2) is 17.8. The number of carbonyl (C=O) groups is 5. The van der Waals surface area contributed by atoms with Crippen LogP contribution in [-0.4, -0.2) is 66.2 Å². The largest absolute Gasteiger partial charge is 0.465 e. The van der Waals surface area contributed by atoms with Gasteiger partial charge in [0.1, 0.15) is 24.2 Å². The Kier molecular flexibility index (Phi) is 13.9. The molecule has 2 atom stereocenters. The molecule has 3 N–H and O–H groups in total. The Hall–Kier alpha value is -4.36. The molecule has 0 spiro atoms. The third-order valence-electron chi connectivity index (χ3n) is 7.27. The summed E-state index contributed by atoms with van der Waals surface area (Å²) in [5.74, 6) is -4.56. The summed E-state index contributed by atoms with van der Waals surface area (Å²) in [4.78, 5) is 75.4. The molecule has 0 bridgehead atoms. The molecule has 1 fully saturated rings. The number of halogens is 1. The second-order valence-corrected chi connectivity index (χ2v) is 11.0. The number of carbonyl (C=O) groups excluding carboxylic acids is 5. The van der Waals surface area contributed by atoms with Gasteiger partial charge in [-0.25, -0.2) is 0 Å². The number of ketones is 1. The number of Topliss-reactive ketones (excluding diaryl/α,β-unsaturated/α-hetero) is 1. The van der Waals surface area contributed by atoms with Crippen LogP contribution in [0, 0.1) is 16.0 Å². The number of nitrogens with zero attached hydrogens (tertiary/aromatic N) is 1. The summed E-state index contributed by atoms with van der Waals surface area (Å²) in [5.41, 5.74) is -0.0344. The van der Waals surface area contributed by atoms with Gasteiger partial charge in [0.05, 0.1) is 24.7 Å². The minimum atomic E-state index is -1.48. The quantitative estimate of drug-likeness (QED) is 0.107. The van der Waals surface area contributed by atoms with Gasteiger partial charge in [-0.1, -0.05) is 74.0 Å². The molecule has 1 saturated carbocycles. The first-order chi connectivity index (χ1) is 21.6. The summed E-state index contributed by atoms with van der Waals surface area (Å²) >= 11 is 6.01. The Morgan fingerprint density at radius 1 is 1.00 bits per heavy atom. The van der Waals surface area contributed by atoms with E-state index in [2.05, 4.69) is 16.0 Å². The molecule has 0 unspecified atom stereocenters. The van der Waals surface area contributed by atoms with E-state index < -0.39 is 65.3 Å². The van der Waals surface area contributed by atoms with E-state index in [1.807, 2.05) is 6.07 Å². The second-order valence-electron chi connectivity index (χ2n) is 10.6. The monoisotopic (exact) mass is 644 g/mol. The first-order valence-corrected chi connectivity index (χ1v) is 15.1. The molecule has 1 aliphatic rings. The van der Waals surface area contributed by atoms with Crippen LogP contribution in [0.1, 0.15) is 61.4 Å². The van der Waals surface area contributed by atoms with Crippen LogP contribution < -0.4 is 16.0 Å². The smallest absolute Gasteiger partial charge is 0.325 e. The van der Waals surface area contributed by atoms with Gasteiger partial charge in [-0.15, -0.1) is 0 Å². The SMILES string of the molecule is CCOC(=O)CNC(=O)C(=O)[C@H](COCc1ccccc1)NC(=O)[C@H](CC1CCCCC1)NC(=O)c1cc(Cl)ccc1[N+](=O)[O-]. The molecule has 2 aromatic carbocycles. The van der Waals surface area contributed by atoms with Gasteiger partial charge in [0, 0.05) is 11.1 Å². The highest BCUT2D eigenvalue weighted by atomic mass is 35.5. The van der Waals surface area contributed by atoms with Gasteiger partial charge >= 0.3 is 5.97 Å². The predicted octanol–water partition coefficient (Wildman–Crippen LogP) is 3.27. The first-order valence-electron chi connectivity index (χ1n) is 14.7. The number of nitro groups is 1. The van der Waals surface area contributed by atoms with E-state index in [0.29, 0.717) is 0 Å². The van der Waals surface area contributed by atoms with Crippen molar-refractivity contribution in [1.82, 2.24) is 16.0 Å². The zero-order valence-corrected chi connectivity index (χ0v) is 25.7. The zero-order chi connectivity index (χ0) is 32.8. The van der Waals surface area contributed by atoms with Gasteiger partial charge in [-0.3, -0.25) is 34.1 Å². The van der Waals surface area contributed by atoms with Crippen molar-refractivity contribution >= 4 is 46.8 Å². The van der Waals surface area contributed by atoms with E-state index in [1.165, 1.54) is 6.07 Å². The Labute approximate surface area is 265 Å². The number of hydrogen-bond acceptors (Lipinski definition) is 9. The topological polar surface area (TPSA) is 183 Å². The summed E-state index contributed by atoms with van der Waals surface area (Å²) in [7, 11) is 0. The number of nitro benzene ring substituents is 1. The van der Waals surface area contributed by atoms with Crippen LogP contribution in [0.25, 0.3) is 0 Å². The third kappa shape index (κ3) is 11.3. The van der Waals surface area contributed by atoms with E-state index in [1.54, 1.807) is 31.2 Å². The van der Waals surface area contributed by atoms with Crippen LogP contribution in [0.4, 0.5) is 5.69 Å². The van der Waals surface area contributed by atoms with Gasteiger partial charge in [-0.05, 0) is 37.0 Å². The van der Waals surface area contributed by atoms with Crippen molar-refractivity contribution in [2.24, 2.45) is 5.92 Å². The van der Waals surface area contributed by atoms with Crippen molar-refractivity contribution in [1.29, 1.82) is 0 Å². The Bertz CT molecular complexity index is 1370. The molecule has 13 nitrogen and oxygen atoms in total. The van der Waals surface area contributed by atoms with Gasteiger partial charge < -0.3 is 25.4 Å². The predicted molar refractivity (Wildman–Crippen MR) is 163 cm³/mol. The van der Waals surface area contributed by atoms with Gasteiger partial charge in [-0.2, -0.15) is 0 Å². The minimum Gasteiger partial charge on any atom is -0.465 e. The molecule has 1 aliphatic carbocycles. The fraction of sp³-hybridized carbons (Fsp3) is 0.452. The minimum absolute atomic E-state index is 0.0699. The van der Waals surface area contributed by atoms with Crippen LogP contribution in [0.2, 0.25) is 5.02 Å². The lowest BCUT2D eigenvalue weighted by Gasteiger charge is -2.28. The molecular weight excluding hydrogens is 608 g/mol. The number of esters is 1. The maximum atomic E-state index is 13.7. The van der Waals surface area contributed by atoms with Crippen molar-refractivity contribution in [2.45, 2.75) is 64.1 Å². The number of amides is 3. The molecule has 14 heteroatoms. The maximum absolute atomic E-state index is 13.7. The lowest BCUT2D eigenvalue weighted by molar-refractivity contribution is -0.385. The van der Waals surface area contributed by atoms with E-state index in [4.69, 9.17) is 21.1 Å². The Morgan fingerprint density at radius 3 is 2.38 bits per heavy atom. The van der Waals surface area contributed by atoms with Crippen molar-refractivity contribution in [3.63, 3.8) is 0 Å². The van der Waals surface area contributed by atoms with E-state index in [9.17, 15) is 34.1 Å². The average molecular weight is 645 g/mol. The lowest BCUT2D eigenvalue weighted by Crippen LogP contribution is -2.56. The summed E-state index contributed by atoms with van der Waals surface area (Å²) in [6, 6.07) is 9.86. The lowest BCUT2D eigenvalue weighted by atomic mass is 9.84. The van der Waals surface area contributed by atoms with E-state index in [-0.39, 0.29) is 36.1 Å².